The Balaban J connectivity index is 1.41. The van der Waals surface area contributed by atoms with Crippen LogP contribution in [-0.4, -0.2) is 45.6 Å². The van der Waals surface area contributed by atoms with Gasteiger partial charge in [-0.2, -0.15) is 0 Å². The van der Waals surface area contributed by atoms with Crippen LogP contribution in [0.3, 0.4) is 0 Å². The van der Waals surface area contributed by atoms with E-state index in [1.165, 1.54) is 0 Å². The van der Waals surface area contributed by atoms with E-state index in [0.717, 1.165) is 18.2 Å². The highest BCUT2D eigenvalue weighted by Gasteiger charge is 2.61. The van der Waals surface area contributed by atoms with E-state index in [1.807, 2.05) is 20.8 Å². The molecule has 0 radical (unpaired) electrons. The van der Waals surface area contributed by atoms with Crippen molar-refractivity contribution in [1.82, 2.24) is 14.9 Å². The summed E-state index contributed by atoms with van der Waals surface area (Å²) in [6, 6.07) is 3.41. The lowest BCUT2D eigenvalue weighted by atomic mass is 10.0. The van der Waals surface area contributed by atoms with Gasteiger partial charge in [0.1, 0.15) is 22.4 Å². The van der Waals surface area contributed by atoms with Crippen LogP contribution in [0.5, 0.6) is 0 Å². The number of nitrogen functional groups attached to an aromatic ring is 1. The number of fused-ring (bicyclic) bond motifs is 1. The monoisotopic (exact) mass is 417 g/mol. The maximum Gasteiger partial charge on any atom is 0.410 e. The summed E-state index contributed by atoms with van der Waals surface area (Å²) in [6.45, 7) is 6.69. The molecule has 1 saturated heterocycles. The summed E-state index contributed by atoms with van der Waals surface area (Å²) in [7, 11) is 0. The molecular formula is C20H24ClN5O3. The first-order valence-corrected chi connectivity index (χ1v) is 9.95. The van der Waals surface area contributed by atoms with Crippen molar-refractivity contribution in [3.8, 4) is 0 Å². The highest BCUT2D eigenvalue weighted by molar-refractivity contribution is 6.30. The smallest absolute Gasteiger partial charge is 0.410 e. The molecule has 2 aliphatic rings. The zero-order chi connectivity index (χ0) is 21.0. The van der Waals surface area contributed by atoms with Gasteiger partial charge in [-0.1, -0.05) is 11.6 Å². The van der Waals surface area contributed by atoms with Gasteiger partial charge in [-0.25, -0.2) is 14.8 Å². The van der Waals surface area contributed by atoms with E-state index >= 15 is 0 Å². The normalized spacial score (nSPS) is 23.4. The minimum Gasteiger partial charge on any atom is -0.444 e. The number of anilines is 2. The predicted octanol–water partition coefficient (Wildman–Crippen LogP) is 3.45. The fourth-order valence-electron chi connectivity index (χ4n) is 3.97. The molecule has 1 spiro atoms. The average Bonchev–Trinajstić information content (AvgIpc) is 3.12. The number of nitrogens with two attached hydrogens (primary N) is 1. The number of amides is 2. The molecule has 2 aromatic rings. The van der Waals surface area contributed by atoms with Crippen LogP contribution in [0.4, 0.5) is 16.4 Å². The number of ether oxygens (including phenoxy) is 1. The number of likely N-dealkylation sites (tertiary alicyclic amines) is 1. The summed E-state index contributed by atoms with van der Waals surface area (Å²) < 4.78 is 5.44. The molecule has 2 amide bonds. The Kier molecular flexibility index (Phi) is 4.57. The second-order valence-electron chi connectivity index (χ2n) is 8.88. The molecule has 1 aliphatic carbocycles. The highest BCUT2D eigenvalue weighted by atomic mass is 35.5. The zero-order valence-corrected chi connectivity index (χ0v) is 17.4. The number of halogens is 1. The van der Waals surface area contributed by atoms with E-state index in [4.69, 9.17) is 22.1 Å². The number of carbonyl (C=O) groups excluding carboxylic acids is 2. The number of nitrogens with one attached hydrogen (secondary N) is 1. The summed E-state index contributed by atoms with van der Waals surface area (Å²) >= 11 is 5.96. The molecule has 2 aromatic heterocycles. The lowest BCUT2D eigenvalue weighted by molar-refractivity contribution is -0.118. The van der Waals surface area contributed by atoms with E-state index in [9.17, 15) is 9.59 Å². The molecule has 1 aliphatic heterocycles. The Hall–Kier alpha value is -2.61. The standard InChI is InChI=1S/C20H24ClN5O3/c1-19(2,3)29-18(28)26-5-4-20(10-26)8-13(20)17(27)25-15-7-11-6-14(21)24-16(22)12(11)9-23-15/h6-7,9,13H,4-5,8,10H2,1-3H3,(H2,22,24)(H,23,25,27). The Bertz CT molecular complexity index is 1010. The topological polar surface area (TPSA) is 110 Å². The number of hydrogen-bond acceptors (Lipinski definition) is 6. The summed E-state index contributed by atoms with van der Waals surface area (Å²) in [5.41, 5.74) is 5.17. The predicted molar refractivity (Wildman–Crippen MR) is 111 cm³/mol. The van der Waals surface area contributed by atoms with E-state index in [1.54, 1.807) is 23.2 Å². The summed E-state index contributed by atoms with van der Waals surface area (Å²) in [5, 5.41) is 4.60. The molecule has 8 nitrogen and oxygen atoms in total. The highest BCUT2D eigenvalue weighted by Crippen LogP contribution is 2.58. The van der Waals surface area contributed by atoms with Gasteiger partial charge in [0.2, 0.25) is 5.91 Å². The quantitative estimate of drug-likeness (QED) is 0.724. The zero-order valence-electron chi connectivity index (χ0n) is 16.7. The molecule has 2 atom stereocenters. The van der Waals surface area contributed by atoms with Crippen LogP contribution < -0.4 is 11.1 Å². The first kappa shape index (κ1) is 19.7. The molecule has 0 aromatic carbocycles. The molecule has 2 unspecified atom stereocenters. The van der Waals surface area contributed by atoms with Crippen molar-refractivity contribution < 1.29 is 14.3 Å². The molecule has 29 heavy (non-hydrogen) atoms. The van der Waals surface area contributed by atoms with Gasteiger partial charge in [-0.3, -0.25) is 4.79 Å². The molecule has 1 saturated carbocycles. The third kappa shape index (κ3) is 3.94. The Morgan fingerprint density at radius 2 is 2.14 bits per heavy atom. The summed E-state index contributed by atoms with van der Waals surface area (Å²) in [5.74, 6) is 0.509. The third-order valence-electron chi connectivity index (χ3n) is 5.51. The maximum atomic E-state index is 12.8. The molecule has 4 rings (SSSR count). The van der Waals surface area contributed by atoms with Crippen LogP contribution in [-0.2, 0) is 9.53 Å². The number of carbonyl (C=O) groups is 2. The molecular weight excluding hydrogens is 394 g/mol. The first-order valence-electron chi connectivity index (χ1n) is 9.57. The van der Waals surface area contributed by atoms with Crippen LogP contribution in [0.2, 0.25) is 5.15 Å². The maximum absolute atomic E-state index is 12.8. The molecule has 0 bridgehead atoms. The van der Waals surface area contributed by atoms with Crippen LogP contribution >= 0.6 is 11.6 Å². The van der Waals surface area contributed by atoms with Crippen molar-refractivity contribution in [2.75, 3.05) is 24.1 Å². The number of rotatable bonds is 2. The molecule has 3 heterocycles. The number of aromatic nitrogens is 2. The van der Waals surface area contributed by atoms with Crippen molar-refractivity contribution in [1.29, 1.82) is 0 Å². The fraction of sp³-hybridized carbons (Fsp3) is 0.500. The lowest BCUT2D eigenvalue weighted by Gasteiger charge is -2.24. The van der Waals surface area contributed by atoms with Crippen molar-refractivity contribution >= 4 is 46.0 Å². The Labute approximate surface area is 173 Å². The van der Waals surface area contributed by atoms with E-state index in [-0.39, 0.29) is 28.5 Å². The van der Waals surface area contributed by atoms with Gasteiger partial charge in [0.25, 0.3) is 0 Å². The average molecular weight is 418 g/mol. The Morgan fingerprint density at radius 1 is 1.38 bits per heavy atom. The van der Waals surface area contributed by atoms with E-state index < -0.39 is 5.60 Å². The van der Waals surface area contributed by atoms with Gasteiger partial charge in [0.05, 0.1) is 0 Å². The van der Waals surface area contributed by atoms with Crippen molar-refractivity contribution in [2.45, 2.75) is 39.2 Å². The van der Waals surface area contributed by atoms with Crippen LogP contribution in [0.15, 0.2) is 18.3 Å². The van der Waals surface area contributed by atoms with Crippen molar-refractivity contribution in [2.24, 2.45) is 11.3 Å². The van der Waals surface area contributed by atoms with Gasteiger partial charge in [-0.15, -0.1) is 0 Å². The molecule has 9 heteroatoms. The van der Waals surface area contributed by atoms with Crippen LogP contribution in [0.1, 0.15) is 33.6 Å². The fourth-order valence-corrected chi connectivity index (χ4v) is 4.18. The number of nitrogens with zero attached hydrogens (tertiary/aromatic N) is 3. The van der Waals surface area contributed by atoms with Gasteiger partial charge < -0.3 is 20.7 Å². The third-order valence-corrected chi connectivity index (χ3v) is 5.70. The molecule has 2 fully saturated rings. The minimum atomic E-state index is -0.531. The van der Waals surface area contributed by atoms with E-state index in [0.29, 0.717) is 30.1 Å². The largest absolute Gasteiger partial charge is 0.444 e. The van der Waals surface area contributed by atoms with Crippen LogP contribution in [0, 0.1) is 11.3 Å². The first-order chi connectivity index (χ1) is 13.6. The number of hydrogen-bond donors (Lipinski definition) is 2. The molecule has 3 N–H and O–H groups in total. The van der Waals surface area contributed by atoms with Gasteiger partial charge in [0.15, 0.2) is 0 Å². The van der Waals surface area contributed by atoms with E-state index in [2.05, 4.69) is 15.3 Å². The van der Waals surface area contributed by atoms with Gasteiger partial charge >= 0.3 is 6.09 Å². The second-order valence-corrected chi connectivity index (χ2v) is 9.27. The SMILES string of the molecule is CC(C)(C)OC(=O)N1CCC2(CC2C(=O)Nc2cc3cc(Cl)nc(N)c3cn2)C1. The van der Waals surface area contributed by atoms with Crippen molar-refractivity contribution in [3.63, 3.8) is 0 Å². The minimum absolute atomic E-state index is 0.0870. The van der Waals surface area contributed by atoms with Gasteiger partial charge in [-0.05, 0) is 51.1 Å². The lowest BCUT2D eigenvalue weighted by Crippen LogP contribution is -2.35. The number of pyridine rings is 2. The second kappa shape index (κ2) is 6.73. The summed E-state index contributed by atoms with van der Waals surface area (Å²) in [6.07, 6.45) is 2.81. The summed E-state index contributed by atoms with van der Waals surface area (Å²) in [4.78, 5) is 35.0. The van der Waals surface area contributed by atoms with Crippen molar-refractivity contribution in [3.05, 3.63) is 23.5 Å². The van der Waals surface area contributed by atoms with Gasteiger partial charge in [0, 0.05) is 36.0 Å². The Morgan fingerprint density at radius 3 is 2.86 bits per heavy atom. The molecule has 154 valence electrons. The van der Waals surface area contributed by atoms with Crippen LogP contribution in [0.25, 0.3) is 10.8 Å².